The molecule has 2 aromatic rings. The molecule has 30 heavy (non-hydrogen) atoms. The third-order valence-electron chi connectivity index (χ3n) is 6.19. The molecule has 4 rings (SSSR count). The normalized spacial score (nSPS) is 22.1. The summed E-state index contributed by atoms with van der Waals surface area (Å²) >= 11 is 0. The van der Waals surface area contributed by atoms with Crippen molar-refractivity contribution in [1.29, 1.82) is 0 Å². The fourth-order valence-corrected chi connectivity index (χ4v) is 5.08. The second-order valence-electron chi connectivity index (χ2n) is 9.04. The minimum absolute atomic E-state index is 0.0250. The fraction of sp³-hybridized carbons (Fsp3) is 0.417. The van der Waals surface area contributed by atoms with Crippen molar-refractivity contribution in [3.63, 3.8) is 0 Å². The van der Waals surface area contributed by atoms with Gasteiger partial charge in [0.15, 0.2) is 0 Å². The van der Waals surface area contributed by atoms with E-state index < -0.39 is 17.6 Å². The average Bonchev–Trinajstić information content (AvgIpc) is 2.99. The van der Waals surface area contributed by atoms with E-state index in [9.17, 15) is 14.7 Å². The van der Waals surface area contributed by atoms with Crippen LogP contribution in [0.15, 0.2) is 48.5 Å². The molecule has 0 radical (unpaired) electrons. The molecule has 0 aromatic heterocycles. The molecule has 6 nitrogen and oxygen atoms in total. The monoisotopic (exact) mass is 408 g/mol. The molecule has 1 fully saturated rings. The van der Waals surface area contributed by atoms with Crippen LogP contribution in [0.3, 0.4) is 0 Å². The largest absolute Gasteiger partial charge is 0.481 e. The van der Waals surface area contributed by atoms with Crippen molar-refractivity contribution in [3.8, 4) is 11.1 Å². The molecule has 1 saturated heterocycles. The molecule has 2 aromatic carbocycles. The molecule has 0 saturated carbocycles. The van der Waals surface area contributed by atoms with Gasteiger partial charge in [0.1, 0.15) is 6.61 Å². The Hall–Kier alpha value is -2.86. The van der Waals surface area contributed by atoms with Gasteiger partial charge in [-0.1, -0.05) is 48.5 Å². The van der Waals surface area contributed by atoms with Crippen LogP contribution in [0.4, 0.5) is 4.79 Å². The van der Waals surface area contributed by atoms with E-state index in [4.69, 9.17) is 4.74 Å². The summed E-state index contributed by atoms with van der Waals surface area (Å²) in [5.74, 6) is -0.949. The SMILES string of the molecule is CC1(C)CC(CC(=O)O)(NC(=O)OCC2c3ccccc3-c3ccccc32)CCN1. The summed E-state index contributed by atoms with van der Waals surface area (Å²) in [6, 6.07) is 16.3. The summed E-state index contributed by atoms with van der Waals surface area (Å²) in [6.45, 7) is 4.89. The molecule has 1 atom stereocenters. The van der Waals surface area contributed by atoms with Crippen molar-refractivity contribution in [2.45, 2.75) is 50.1 Å². The molecule has 3 N–H and O–H groups in total. The van der Waals surface area contributed by atoms with E-state index in [1.165, 1.54) is 11.1 Å². The van der Waals surface area contributed by atoms with E-state index in [1.807, 2.05) is 38.1 Å². The van der Waals surface area contributed by atoms with Gasteiger partial charge in [-0.3, -0.25) is 4.79 Å². The second-order valence-corrected chi connectivity index (χ2v) is 9.04. The van der Waals surface area contributed by atoms with Gasteiger partial charge in [-0.15, -0.1) is 0 Å². The van der Waals surface area contributed by atoms with Gasteiger partial charge in [-0.25, -0.2) is 4.79 Å². The number of fused-ring (bicyclic) bond motifs is 3. The summed E-state index contributed by atoms with van der Waals surface area (Å²) < 4.78 is 5.65. The lowest BCUT2D eigenvalue weighted by molar-refractivity contribution is -0.139. The first-order valence-corrected chi connectivity index (χ1v) is 10.4. The predicted octanol–water partition coefficient (Wildman–Crippen LogP) is 3.90. The van der Waals surface area contributed by atoms with Crippen LogP contribution in [0.1, 0.15) is 50.2 Å². The Balaban J connectivity index is 1.49. The van der Waals surface area contributed by atoms with E-state index in [-0.39, 0.29) is 24.5 Å². The number of rotatable bonds is 5. The first kappa shape index (κ1) is 20.4. The Labute approximate surface area is 176 Å². The second kappa shape index (κ2) is 7.76. The van der Waals surface area contributed by atoms with Crippen molar-refractivity contribution in [2.24, 2.45) is 0 Å². The van der Waals surface area contributed by atoms with Crippen molar-refractivity contribution < 1.29 is 19.4 Å². The number of alkyl carbamates (subject to hydrolysis) is 1. The molecule has 1 unspecified atom stereocenters. The van der Waals surface area contributed by atoms with E-state index in [2.05, 4.69) is 34.9 Å². The zero-order valence-corrected chi connectivity index (χ0v) is 17.4. The molecular formula is C24H28N2O4. The Morgan fingerprint density at radius 2 is 1.70 bits per heavy atom. The molecule has 1 aliphatic carbocycles. The lowest BCUT2D eigenvalue weighted by atomic mass is 9.76. The van der Waals surface area contributed by atoms with Gasteiger partial charge in [0.2, 0.25) is 0 Å². The van der Waals surface area contributed by atoms with Gasteiger partial charge in [0.25, 0.3) is 0 Å². The Morgan fingerprint density at radius 1 is 1.10 bits per heavy atom. The lowest BCUT2D eigenvalue weighted by Gasteiger charge is -2.45. The lowest BCUT2D eigenvalue weighted by Crippen LogP contribution is -2.62. The number of carboxylic acids is 1. The third kappa shape index (κ3) is 4.05. The van der Waals surface area contributed by atoms with E-state index in [0.717, 1.165) is 11.1 Å². The van der Waals surface area contributed by atoms with Crippen LogP contribution in [0.25, 0.3) is 11.1 Å². The van der Waals surface area contributed by atoms with Crippen LogP contribution in [0.5, 0.6) is 0 Å². The standard InChI is InChI=1S/C24H28N2O4/c1-23(2)15-24(11-12-25-23,13-21(27)28)26-22(29)30-14-20-18-9-5-3-7-16(18)17-8-4-6-10-19(17)20/h3-10,20,25H,11-15H2,1-2H3,(H,26,29)(H,27,28). The maximum absolute atomic E-state index is 12.7. The number of nitrogens with one attached hydrogen (secondary N) is 2. The van der Waals surface area contributed by atoms with Crippen LogP contribution in [-0.2, 0) is 9.53 Å². The molecule has 2 aliphatic rings. The molecule has 6 heteroatoms. The summed E-state index contributed by atoms with van der Waals surface area (Å²) in [4.78, 5) is 24.2. The van der Waals surface area contributed by atoms with Gasteiger partial charge in [0, 0.05) is 11.5 Å². The Bertz CT molecular complexity index is 926. The molecule has 0 bridgehead atoms. The smallest absolute Gasteiger partial charge is 0.407 e. The zero-order chi connectivity index (χ0) is 21.4. The summed E-state index contributed by atoms with van der Waals surface area (Å²) in [5, 5.41) is 15.7. The highest BCUT2D eigenvalue weighted by Crippen LogP contribution is 2.44. The highest BCUT2D eigenvalue weighted by Gasteiger charge is 2.43. The number of carboxylic acid groups (broad SMARTS) is 1. The van der Waals surface area contributed by atoms with Gasteiger partial charge in [-0.2, -0.15) is 0 Å². The van der Waals surface area contributed by atoms with E-state index in [0.29, 0.717) is 19.4 Å². The molecule has 0 spiro atoms. The maximum Gasteiger partial charge on any atom is 0.407 e. The number of amides is 1. The molecule has 1 aliphatic heterocycles. The minimum atomic E-state index is -0.924. The van der Waals surface area contributed by atoms with E-state index >= 15 is 0 Å². The molecule has 1 heterocycles. The van der Waals surface area contributed by atoms with Crippen molar-refractivity contribution in [3.05, 3.63) is 59.7 Å². The Morgan fingerprint density at radius 3 is 2.27 bits per heavy atom. The number of ether oxygens (including phenoxy) is 1. The molecule has 158 valence electrons. The number of hydrogen-bond acceptors (Lipinski definition) is 4. The zero-order valence-electron chi connectivity index (χ0n) is 17.4. The number of carbonyl (C=O) groups excluding carboxylic acids is 1. The number of hydrogen-bond donors (Lipinski definition) is 3. The van der Waals surface area contributed by atoms with Crippen molar-refractivity contribution in [2.75, 3.05) is 13.2 Å². The van der Waals surface area contributed by atoms with Crippen LogP contribution in [-0.4, -0.2) is 41.4 Å². The minimum Gasteiger partial charge on any atom is -0.481 e. The predicted molar refractivity (Wildman–Crippen MR) is 115 cm³/mol. The van der Waals surface area contributed by atoms with Gasteiger partial charge in [-0.05, 0) is 55.5 Å². The number of carbonyl (C=O) groups is 2. The average molecular weight is 408 g/mol. The molecular weight excluding hydrogens is 380 g/mol. The van der Waals surface area contributed by atoms with Crippen LogP contribution in [0.2, 0.25) is 0 Å². The Kier molecular flexibility index (Phi) is 5.28. The summed E-state index contributed by atoms with van der Waals surface area (Å²) in [6.07, 6.45) is 0.391. The summed E-state index contributed by atoms with van der Waals surface area (Å²) in [7, 11) is 0. The van der Waals surface area contributed by atoms with Crippen LogP contribution >= 0.6 is 0 Å². The van der Waals surface area contributed by atoms with Crippen molar-refractivity contribution in [1.82, 2.24) is 10.6 Å². The fourth-order valence-electron chi connectivity index (χ4n) is 5.08. The van der Waals surface area contributed by atoms with Gasteiger partial charge < -0.3 is 20.5 Å². The quantitative estimate of drug-likeness (QED) is 0.698. The summed E-state index contributed by atoms with van der Waals surface area (Å²) in [5.41, 5.74) is 3.56. The molecule has 1 amide bonds. The van der Waals surface area contributed by atoms with Gasteiger partial charge >= 0.3 is 12.1 Å². The van der Waals surface area contributed by atoms with Crippen LogP contribution < -0.4 is 10.6 Å². The maximum atomic E-state index is 12.7. The van der Waals surface area contributed by atoms with Crippen molar-refractivity contribution >= 4 is 12.1 Å². The number of piperidine rings is 1. The topological polar surface area (TPSA) is 87.7 Å². The number of aliphatic carboxylic acids is 1. The number of benzene rings is 2. The first-order valence-electron chi connectivity index (χ1n) is 10.4. The van der Waals surface area contributed by atoms with E-state index in [1.54, 1.807) is 0 Å². The van der Waals surface area contributed by atoms with Crippen LogP contribution in [0, 0.1) is 0 Å². The first-order chi connectivity index (χ1) is 14.3. The highest BCUT2D eigenvalue weighted by molar-refractivity contribution is 5.79. The highest BCUT2D eigenvalue weighted by atomic mass is 16.5. The third-order valence-corrected chi connectivity index (χ3v) is 6.19. The van der Waals surface area contributed by atoms with Gasteiger partial charge in [0.05, 0.1) is 12.0 Å².